The molecule has 0 atom stereocenters. The molecular formula is C11H14N4O3. The molecule has 2 heterocycles. The zero-order valence-corrected chi connectivity index (χ0v) is 10.4. The van der Waals surface area contributed by atoms with E-state index in [9.17, 15) is 4.79 Å². The number of hydrogen-bond acceptors (Lipinski definition) is 5. The normalized spacial score (nSPS) is 11.1. The molecule has 7 heteroatoms. The molecule has 0 unspecified atom stereocenters. The van der Waals surface area contributed by atoms with E-state index < -0.39 is 5.97 Å². The molecule has 7 nitrogen and oxygen atoms in total. The first-order chi connectivity index (χ1) is 8.49. The second-order valence-electron chi connectivity index (χ2n) is 4.38. The molecule has 0 bridgehead atoms. The van der Waals surface area contributed by atoms with Gasteiger partial charge < -0.3 is 9.63 Å². The number of rotatable bonds is 4. The fourth-order valence-corrected chi connectivity index (χ4v) is 1.80. The molecule has 0 aromatic carbocycles. The van der Waals surface area contributed by atoms with Crippen molar-refractivity contribution in [3.63, 3.8) is 0 Å². The Morgan fingerprint density at radius 1 is 1.56 bits per heavy atom. The highest BCUT2D eigenvalue weighted by molar-refractivity contribution is 5.86. The predicted molar refractivity (Wildman–Crippen MR) is 61.4 cm³/mol. The van der Waals surface area contributed by atoms with E-state index in [4.69, 9.17) is 9.63 Å². The smallest absolute Gasteiger partial charge is 0.358 e. The van der Waals surface area contributed by atoms with Gasteiger partial charge in [0.1, 0.15) is 6.54 Å². The first-order valence-corrected chi connectivity index (χ1v) is 5.58. The lowest BCUT2D eigenvalue weighted by atomic mass is 10.1. The summed E-state index contributed by atoms with van der Waals surface area (Å²) in [5, 5.41) is 20.4. The van der Waals surface area contributed by atoms with Crippen molar-refractivity contribution in [1.29, 1.82) is 0 Å². The fraction of sp³-hybridized carbons (Fsp3) is 0.455. The predicted octanol–water partition coefficient (Wildman–Crippen LogP) is 1.44. The molecule has 0 amide bonds. The molecule has 0 saturated carbocycles. The Morgan fingerprint density at radius 3 is 2.78 bits per heavy atom. The maximum atomic E-state index is 11.0. The summed E-state index contributed by atoms with van der Waals surface area (Å²) in [5.74, 6) is -0.440. The van der Waals surface area contributed by atoms with Crippen molar-refractivity contribution in [2.24, 2.45) is 0 Å². The van der Waals surface area contributed by atoms with Crippen LogP contribution >= 0.6 is 0 Å². The van der Waals surface area contributed by atoms with Crippen LogP contribution in [-0.2, 0) is 6.54 Å². The second kappa shape index (κ2) is 4.59. The summed E-state index contributed by atoms with van der Waals surface area (Å²) < 4.78 is 6.62. The molecule has 0 aliphatic heterocycles. The van der Waals surface area contributed by atoms with Gasteiger partial charge in [0.15, 0.2) is 11.5 Å². The molecule has 0 radical (unpaired) electrons. The summed E-state index contributed by atoms with van der Waals surface area (Å²) in [5.41, 5.74) is 1.34. The highest BCUT2D eigenvalue weighted by atomic mass is 16.5. The molecule has 0 aliphatic carbocycles. The van der Waals surface area contributed by atoms with Crippen molar-refractivity contribution < 1.29 is 14.4 Å². The van der Waals surface area contributed by atoms with Gasteiger partial charge in [0.25, 0.3) is 0 Å². The van der Waals surface area contributed by atoms with Crippen LogP contribution in [0, 0.1) is 6.92 Å². The molecule has 0 aliphatic rings. The molecule has 2 aromatic rings. The topological polar surface area (TPSA) is 94.0 Å². The minimum absolute atomic E-state index is 0.00937. The van der Waals surface area contributed by atoms with E-state index in [0.717, 1.165) is 5.69 Å². The Balaban J connectivity index is 2.36. The van der Waals surface area contributed by atoms with E-state index in [1.165, 1.54) is 4.68 Å². The van der Waals surface area contributed by atoms with Crippen LogP contribution in [0.4, 0.5) is 0 Å². The summed E-state index contributed by atoms with van der Waals surface area (Å²) in [6.07, 6.45) is 0. The Labute approximate surface area is 103 Å². The third kappa shape index (κ3) is 2.24. The lowest BCUT2D eigenvalue weighted by molar-refractivity contribution is 0.0688. The Morgan fingerprint density at radius 2 is 2.28 bits per heavy atom. The number of nitrogens with zero attached hydrogens (tertiary/aromatic N) is 4. The number of hydrogen-bond donors (Lipinski definition) is 1. The van der Waals surface area contributed by atoms with E-state index in [0.29, 0.717) is 18.0 Å². The SMILES string of the molecule is Cc1cc(Cn2nnc(C(=O)O)c2C(C)C)on1. The monoisotopic (exact) mass is 250 g/mol. The van der Waals surface area contributed by atoms with E-state index in [1.54, 1.807) is 6.07 Å². The molecule has 0 fully saturated rings. The Kier molecular flexibility index (Phi) is 3.14. The standard InChI is InChI=1S/C11H14N4O3/c1-6(2)10-9(11(16)17)12-14-15(10)5-8-4-7(3)13-18-8/h4,6H,5H2,1-3H3,(H,16,17). The molecule has 1 N–H and O–H groups in total. The van der Waals surface area contributed by atoms with Crippen molar-refractivity contribution >= 4 is 5.97 Å². The van der Waals surface area contributed by atoms with Crippen LogP contribution in [0.3, 0.4) is 0 Å². The van der Waals surface area contributed by atoms with Gasteiger partial charge in [-0.05, 0) is 12.8 Å². The van der Waals surface area contributed by atoms with Gasteiger partial charge in [-0.3, -0.25) is 0 Å². The number of carboxylic acid groups (broad SMARTS) is 1. The van der Waals surface area contributed by atoms with Gasteiger partial charge in [-0.2, -0.15) is 0 Å². The summed E-state index contributed by atoms with van der Waals surface area (Å²) in [4.78, 5) is 11.0. The summed E-state index contributed by atoms with van der Waals surface area (Å²) in [6.45, 7) is 5.94. The largest absolute Gasteiger partial charge is 0.476 e. The second-order valence-corrected chi connectivity index (χ2v) is 4.38. The number of aryl methyl sites for hydroxylation is 1. The quantitative estimate of drug-likeness (QED) is 0.882. The van der Waals surface area contributed by atoms with Gasteiger partial charge in [0, 0.05) is 6.07 Å². The summed E-state index contributed by atoms with van der Waals surface area (Å²) in [7, 11) is 0. The van der Waals surface area contributed by atoms with Crippen LogP contribution in [0.25, 0.3) is 0 Å². The molecule has 2 rings (SSSR count). The number of carbonyl (C=O) groups is 1. The van der Waals surface area contributed by atoms with Gasteiger partial charge in [-0.25, -0.2) is 9.48 Å². The zero-order chi connectivity index (χ0) is 13.3. The van der Waals surface area contributed by atoms with Gasteiger partial charge in [0.2, 0.25) is 0 Å². The first kappa shape index (κ1) is 12.3. The van der Waals surface area contributed by atoms with Crippen LogP contribution in [0.1, 0.15) is 47.4 Å². The van der Waals surface area contributed by atoms with Crippen LogP contribution in [-0.4, -0.2) is 31.2 Å². The molecule has 96 valence electrons. The maximum absolute atomic E-state index is 11.0. The first-order valence-electron chi connectivity index (χ1n) is 5.58. The van der Waals surface area contributed by atoms with Gasteiger partial charge in [-0.15, -0.1) is 5.10 Å². The minimum atomic E-state index is -1.07. The van der Waals surface area contributed by atoms with E-state index in [-0.39, 0.29) is 11.6 Å². The average Bonchev–Trinajstić information content (AvgIpc) is 2.85. The van der Waals surface area contributed by atoms with Crippen molar-refractivity contribution in [2.45, 2.75) is 33.2 Å². The lowest BCUT2D eigenvalue weighted by Crippen LogP contribution is -2.10. The molecule has 2 aromatic heterocycles. The maximum Gasteiger partial charge on any atom is 0.358 e. The lowest BCUT2D eigenvalue weighted by Gasteiger charge is -2.07. The summed E-state index contributed by atoms with van der Waals surface area (Å²) >= 11 is 0. The molecule has 0 spiro atoms. The molecular weight excluding hydrogens is 236 g/mol. The van der Waals surface area contributed by atoms with E-state index in [2.05, 4.69) is 15.5 Å². The Bertz CT molecular complexity index is 571. The number of carboxylic acids is 1. The molecule has 0 saturated heterocycles. The van der Waals surface area contributed by atoms with Gasteiger partial charge >= 0.3 is 5.97 Å². The van der Waals surface area contributed by atoms with Crippen LogP contribution in [0.5, 0.6) is 0 Å². The van der Waals surface area contributed by atoms with Crippen LogP contribution < -0.4 is 0 Å². The summed E-state index contributed by atoms with van der Waals surface area (Å²) in [6, 6.07) is 1.78. The van der Waals surface area contributed by atoms with E-state index >= 15 is 0 Å². The van der Waals surface area contributed by atoms with Gasteiger partial charge in [-0.1, -0.05) is 24.2 Å². The highest BCUT2D eigenvalue weighted by Gasteiger charge is 2.22. The number of aromatic carboxylic acids is 1. The van der Waals surface area contributed by atoms with Crippen molar-refractivity contribution in [3.05, 3.63) is 28.9 Å². The fourth-order valence-electron chi connectivity index (χ4n) is 1.80. The molecule has 18 heavy (non-hydrogen) atoms. The zero-order valence-electron chi connectivity index (χ0n) is 10.4. The average molecular weight is 250 g/mol. The minimum Gasteiger partial charge on any atom is -0.476 e. The highest BCUT2D eigenvalue weighted by Crippen LogP contribution is 2.18. The van der Waals surface area contributed by atoms with Crippen molar-refractivity contribution in [3.8, 4) is 0 Å². The van der Waals surface area contributed by atoms with Crippen LogP contribution in [0.15, 0.2) is 10.6 Å². The van der Waals surface area contributed by atoms with Crippen molar-refractivity contribution in [2.75, 3.05) is 0 Å². The van der Waals surface area contributed by atoms with Crippen LogP contribution in [0.2, 0.25) is 0 Å². The number of aromatic nitrogens is 4. The third-order valence-electron chi connectivity index (χ3n) is 2.51. The third-order valence-corrected chi connectivity index (χ3v) is 2.51. The van der Waals surface area contributed by atoms with Gasteiger partial charge in [0.05, 0.1) is 11.4 Å². The van der Waals surface area contributed by atoms with Crippen molar-refractivity contribution in [1.82, 2.24) is 20.2 Å². The Hall–Kier alpha value is -2.18. The van der Waals surface area contributed by atoms with E-state index in [1.807, 2.05) is 20.8 Å².